The number of aromatic nitrogens is 1. The summed E-state index contributed by atoms with van der Waals surface area (Å²) in [5, 5.41) is 2.86. The van der Waals surface area contributed by atoms with Crippen LogP contribution in [-0.2, 0) is 11.2 Å². The molecule has 0 saturated carbocycles. The van der Waals surface area contributed by atoms with Crippen molar-refractivity contribution in [3.8, 4) is 0 Å². The molecule has 2 N–H and O–H groups in total. The van der Waals surface area contributed by atoms with Crippen LogP contribution in [0.3, 0.4) is 0 Å². The fraction of sp³-hybridized carbons (Fsp3) is 0.533. The number of amides is 2. The molecule has 0 aliphatic carbocycles. The summed E-state index contributed by atoms with van der Waals surface area (Å²) >= 11 is 0. The molecular weight excluding hydrogens is 270 g/mol. The van der Waals surface area contributed by atoms with E-state index in [0.717, 1.165) is 12.8 Å². The zero-order chi connectivity index (χ0) is 15.0. The van der Waals surface area contributed by atoms with Gasteiger partial charge in [-0.2, -0.15) is 0 Å². The van der Waals surface area contributed by atoms with Crippen LogP contribution in [0.5, 0.6) is 0 Å². The first kappa shape index (κ1) is 13.9. The van der Waals surface area contributed by atoms with Gasteiger partial charge in [-0.1, -0.05) is 6.92 Å². The number of rotatable bonds is 2. The Morgan fingerprint density at radius 1 is 1.29 bits per heavy atom. The van der Waals surface area contributed by atoms with Gasteiger partial charge in [-0.25, -0.2) is 0 Å². The summed E-state index contributed by atoms with van der Waals surface area (Å²) in [6, 6.07) is 3.02. The number of pyridine rings is 1. The highest BCUT2D eigenvalue weighted by molar-refractivity contribution is 5.96. The first-order valence-electron chi connectivity index (χ1n) is 7.41. The second kappa shape index (κ2) is 5.35. The molecule has 2 atom stereocenters. The first-order chi connectivity index (χ1) is 10.1. The lowest BCUT2D eigenvalue weighted by Crippen LogP contribution is -2.43. The summed E-state index contributed by atoms with van der Waals surface area (Å²) in [7, 11) is 0. The highest BCUT2D eigenvalue weighted by atomic mass is 16.2. The Balaban J connectivity index is 1.95. The summed E-state index contributed by atoms with van der Waals surface area (Å²) in [6.45, 7) is 2.43. The summed E-state index contributed by atoms with van der Waals surface area (Å²) < 4.78 is 0. The molecule has 6 heteroatoms. The van der Waals surface area contributed by atoms with Crippen molar-refractivity contribution in [3.05, 3.63) is 33.7 Å². The Labute approximate surface area is 122 Å². The van der Waals surface area contributed by atoms with E-state index in [1.165, 1.54) is 6.07 Å². The molecule has 0 aromatic carbocycles. The van der Waals surface area contributed by atoms with Crippen LogP contribution in [0.1, 0.15) is 42.2 Å². The van der Waals surface area contributed by atoms with Crippen molar-refractivity contribution < 1.29 is 9.59 Å². The third-order valence-electron chi connectivity index (χ3n) is 4.39. The van der Waals surface area contributed by atoms with E-state index in [4.69, 9.17) is 0 Å². The average Bonchev–Trinajstić information content (AvgIpc) is 2.77. The SMILES string of the molecule is CCc1[nH]c(=O)ccc1C(=O)N1[C@@H]2CC[C@H]1CNC(=O)C2. The Hall–Kier alpha value is -2.11. The Bertz CT molecular complexity index is 637. The third-order valence-corrected chi connectivity index (χ3v) is 4.39. The van der Waals surface area contributed by atoms with E-state index in [9.17, 15) is 14.4 Å². The number of hydrogen-bond donors (Lipinski definition) is 2. The van der Waals surface area contributed by atoms with Gasteiger partial charge in [0.15, 0.2) is 0 Å². The van der Waals surface area contributed by atoms with Crippen LogP contribution in [-0.4, -0.2) is 40.3 Å². The van der Waals surface area contributed by atoms with Gasteiger partial charge >= 0.3 is 0 Å². The van der Waals surface area contributed by atoms with E-state index in [0.29, 0.717) is 30.6 Å². The number of carbonyl (C=O) groups is 2. The molecule has 2 amide bonds. The van der Waals surface area contributed by atoms with Crippen molar-refractivity contribution in [2.24, 2.45) is 0 Å². The number of carbonyl (C=O) groups excluding carboxylic acids is 2. The maximum absolute atomic E-state index is 12.9. The molecule has 1 aromatic heterocycles. The molecule has 2 aliphatic heterocycles. The maximum Gasteiger partial charge on any atom is 0.256 e. The highest BCUT2D eigenvalue weighted by Crippen LogP contribution is 2.30. The van der Waals surface area contributed by atoms with Crippen molar-refractivity contribution in [2.75, 3.05) is 6.54 Å². The minimum absolute atomic E-state index is 0.0113. The van der Waals surface area contributed by atoms with E-state index < -0.39 is 0 Å². The van der Waals surface area contributed by atoms with Gasteiger partial charge in [0.2, 0.25) is 11.5 Å². The summed E-state index contributed by atoms with van der Waals surface area (Å²) in [5.74, 6) is -0.0655. The topological polar surface area (TPSA) is 82.3 Å². The molecule has 21 heavy (non-hydrogen) atoms. The summed E-state index contributed by atoms with van der Waals surface area (Å²) in [6.07, 6.45) is 2.75. The molecular formula is C15H19N3O3. The molecule has 2 aliphatic rings. The molecule has 3 heterocycles. The van der Waals surface area contributed by atoms with Crippen molar-refractivity contribution in [3.63, 3.8) is 0 Å². The van der Waals surface area contributed by atoms with Crippen LogP contribution in [0.15, 0.2) is 16.9 Å². The van der Waals surface area contributed by atoms with E-state index in [-0.39, 0.29) is 29.5 Å². The highest BCUT2D eigenvalue weighted by Gasteiger charge is 2.40. The second-order valence-electron chi connectivity index (χ2n) is 5.67. The standard InChI is InChI=1S/C15H19N3O3/c1-2-12-11(5-6-13(19)17-12)15(21)18-9-3-4-10(18)8-16-14(20)7-9/h5-6,9-10H,2-4,7-8H2,1H3,(H,16,20)(H,17,19)/t9-,10+/m1/s1. The van der Waals surface area contributed by atoms with Crippen LogP contribution in [0.4, 0.5) is 0 Å². The lowest BCUT2D eigenvalue weighted by Gasteiger charge is -2.28. The van der Waals surface area contributed by atoms with E-state index >= 15 is 0 Å². The van der Waals surface area contributed by atoms with Crippen molar-refractivity contribution in [2.45, 2.75) is 44.7 Å². The van der Waals surface area contributed by atoms with Gasteiger partial charge in [0.05, 0.1) is 5.56 Å². The van der Waals surface area contributed by atoms with E-state index in [1.54, 1.807) is 6.07 Å². The molecule has 0 unspecified atom stereocenters. The van der Waals surface area contributed by atoms with Gasteiger partial charge in [-0.15, -0.1) is 0 Å². The smallest absolute Gasteiger partial charge is 0.256 e. The summed E-state index contributed by atoms with van der Waals surface area (Å²) in [4.78, 5) is 40.5. The van der Waals surface area contributed by atoms with Gasteiger partial charge in [0.25, 0.3) is 5.91 Å². The quantitative estimate of drug-likeness (QED) is 0.828. The number of aryl methyl sites for hydroxylation is 1. The predicted molar refractivity (Wildman–Crippen MR) is 77.0 cm³/mol. The average molecular weight is 289 g/mol. The molecule has 0 radical (unpaired) electrons. The van der Waals surface area contributed by atoms with Crippen LogP contribution >= 0.6 is 0 Å². The van der Waals surface area contributed by atoms with Gasteiger partial charge in [0, 0.05) is 36.8 Å². The number of nitrogens with zero attached hydrogens (tertiary/aromatic N) is 1. The number of hydrogen-bond acceptors (Lipinski definition) is 3. The number of nitrogens with one attached hydrogen (secondary N) is 2. The first-order valence-corrected chi connectivity index (χ1v) is 7.41. The normalized spacial score (nSPS) is 24.6. The van der Waals surface area contributed by atoms with E-state index in [1.807, 2.05) is 11.8 Å². The Morgan fingerprint density at radius 2 is 2.05 bits per heavy atom. The van der Waals surface area contributed by atoms with E-state index in [2.05, 4.69) is 10.3 Å². The Kier molecular flexibility index (Phi) is 3.53. The fourth-order valence-corrected chi connectivity index (χ4v) is 3.35. The number of fused-ring (bicyclic) bond motifs is 2. The minimum atomic E-state index is -0.195. The molecule has 1 aromatic rings. The van der Waals surface area contributed by atoms with Gasteiger partial charge in [-0.3, -0.25) is 14.4 Å². The zero-order valence-corrected chi connectivity index (χ0v) is 12.0. The summed E-state index contributed by atoms with van der Waals surface area (Å²) in [5.41, 5.74) is 1.01. The monoisotopic (exact) mass is 289 g/mol. The Morgan fingerprint density at radius 3 is 2.81 bits per heavy atom. The molecule has 2 saturated heterocycles. The predicted octanol–water partition coefficient (Wildman–Crippen LogP) is 0.430. The molecule has 0 spiro atoms. The molecule has 2 fully saturated rings. The van der Waals surface area contributed by atoms with Crippen LogP contribution in [0.25, 0.3) is 0 Å². The molecule has 3 rings (SSSR count). The third kappa shape index (κ3) is 2.46. The molecule has 2 bridgehead atoms. The van der Waals surface area contributed by atoms with Crippen molar-refractivity contribution >= 4 is 11.8 Å². The van der Waals surface area contributed by atoms with Crippen molar-refractivity contribution in [1.29, 1.82) is 0 Å². The number of aromatic amines is 1. The van der Waals surface area contributed by atoms with Crippen LogP contribution < -0.4 is 10.9 Å². The largest absolute Gasteiger partial charge is 0.354 e. The van der Waals surface area contributed by atoms with Gasteiger partial charge in [0.1, 0.15) is 0 Å². The number of H-pyrrole nitrogens is 1. The van der Waals surface area contributed by atoms with Crippen molar-refractivity contribution in [1.82, 2.24) is 15.2 Å². The van der Waals surface area contributed by atoms with Gasteiger partial charge < -0.3 is 15.2 Å². The van der Waals surface area contributed by atoms with Crippen LogP contribution in [0, 0.1) is 0 Å². The second-order valence-corrected chi connectivity index (χ2v) is 5.67. The fourth-order valence-electron chi connectivity index (χ4n) is 3.35. The van der Waals surface area contributed by atoms with Gasteiger partial charge in [-0.05, 0) is 25.3 Å². The minimum Gasteiger partial charge on any atom is -0.354 e. The maximum atomic E-state index is 12.9. The van der Waals surface area contributed by atoms with Crippen LogP contribution in [0.2, 0.25) is 0 Å². The zero-order valence-electron chi connectivity index (χ0n) is 12.0. The lowest BCUT2D eigenvalue weighted by molar-refractivity contribution is -0.121. The lowest BCUT2D eigenvalue weighted by atomic mass is 10.1. The molecule has 6 nitrogen and oxygen atoms in total. The molecule has 112 valence electrons.